The molecule has 1 aromatic carbocycles. The standard InChI is InChI=1S/C32H40F2N4O2.CH2O2/c1-37-21-27-26(3-2-4-29(27)36-37)30(39)19-23-7-5-22(6-8-23)12-16-38-17-13-24-9-10-31(35-28(24)14-18-38)40-25-11-15-32(33,34)20-25;2-1-3/h2-4,9-10,21-23,25H,5-8,11-20H2,1H3;1H,(H,2,3). The summed E-state index contributed by atoms with van der Waals surface area (Å²) < 4.78 is 34.7. The topological polar surface area (TPSA) is 97.5 Å². The molecule has 2 fully saturated rings. The van der Waals surface area contributed by atoms with E-state index in [1.54, 1.807) is 4.68 Å². The van der Waals surface area contributed by atoms with Crippen LogP contribution in [0.1, 0.15) is 79.4 Å². The SMILES string of the molecule is Cn1cc2c(C(=O)CC3CCC(CCN4CCc5ccc(OC6CCC(F)(F)C6)nc5CC4)CC3)cccc2n1.O=CO. The van der Waals surface area contributed by atoms with Crippen LogP contribution in [-0.4, -0.2) is 68.7 Å². The summed E-state index contributed by atoms with van der Waals surface area (Å²) in [7, 11) is 1.90. The fourth-order valence-electron chi connectivity index (χ4n) is 6.94. The van der Waals surface area contributed by atoms with Crippen molar-refractivity contribution in [2.24, 2.45) is 18.9 Å². The van der Waals surface area contributed by atoms with E-state index in [1.165, 1.54) is 24.8 Å². The number of fused-ring (bicyclic) bond motifs is 2. The summed E-state index contributed by atoms with van der Waals surface area (Å²) in [5, 5.41) is 12.3. The minimum absolute atomic E-state index is 0.0969. The van der Waals surface area contributed by atoms with Crippen molar-refractivity contribution in [3.8, 4) is 5.88 Å². The third-order valence-electron chi connectivity index (χ3n) is 9.31. The Bertz CT molecular complexity index is 1400. The first kappa shape index (κ1) is 31.0. The lowest BCUT2D eigenvalue weighted by molar-refractivity contribution is -0.122. The molecule has 1 N–H and O–H groups in total. The van der Waals surface area contributed by atoms with Crippen LogP contribution in [0.5, 0.6) is 5.88 Å². The van der Waals surface area contributed by atoms with Crippen LogP contribution < -0.4 is 4.74 Å². The van der Waals surface area contributed by atoms with Crippen molar-refractivity contribution in [1.29, 1.82) is 0 Å². The summed E-state index contributed by atoms with van der Waals surface area (Å²) in [6.45, 7) is 2.83. The van der Waals surface area contributed by atoms with Gasteiger partial charge in [0.2, 0.25) is 5.88 Å². The second-order valence-electron chi connectivity index (χ2n) is 12.4. The minimum atomic E-state index is -2.61. The van der Waals surface area contributed by atoms with Gasteiger partial charge in [-0.15, -0.1) is 0 Å². The Labute approximate surface area is 251 Å². The maximum absolute atomic E-state index is 13.5. The van der Waals surface area contributed by atoms with Gasteiger partial charge in [-0.3, -0.25) is 14.3 Å². The average Bonchev–Trinajstić information content (AvgIpc) is 3.46. The molecule has 232 valence electrons. The third-order valence-corrected chi connectivity index (χ3v) is 9.31. The Kier molecular flexibility index (Phi) is 10.1. The Hall–Kier alpha value is -3.40. The lowest BCUT2D eigenvalue weighted by atomic mass is 9.78. The van der Waals surface area contributed by atoms with Gasteiger partial charge in [0.25, 0.3) is 12.4 Å². The summed E-state index contributed by atoms with van der Waals surface area (Å²) in [6, 6.07) is 9.77. The van der Waals surface area contributed by atoms with Crippen LogP contribution in [0, 0.1) is 11.8 Å². The van der Waals surface area contributed by atoms with Crippen molar-refractivity contribution in [1.82, 2.24) is 19.7 Å². The number of carbonyl (C=O) groups excluding carboxylic acids is 1. The molecule has 3 heterocycles. The molecule has 8 nitrogen and oxygen atoms in total. The molecule has 2 aromatic heterocycles. The lowest BCUT2D eigenvalue weighted by Gasteiger charge is -2.30. The highest BCUT2D eigenvalue weighted by atomic mass is 19.3. The molecule has 43 heavy (non-hydrogen) atoms. The van der Waals surface area contributed by atoms with Gasteiger partial charge >= 0.3 is 0 Å². The maximum atomic E-state index is 13.5. The predicted octanol–water partition coefficient (Wildman–Crippen LogP) is 6.11. The minimum Gasteiger partial charge on any atom is -0.483 e. The number of pyridine rings is 1. The fraction of sp³-hybridized carbons (Fsp3) is 0.576. The van der Waals surface area contributed by atoms with Crippen LogP contribution in [0.25, 0.3) is 10.9 Å². The Morgan fingerprint density at radius 3 is 2.58 bits per heavy atom. The quantitative estimate of drug-likeness (QED) is 0.248. The molecule has 10 heteroatoms. The zero-order valence-corrected chi connectivity index (χ0v) is 24.9. The Balaban J connectivity index is 0.00000118. The van der Waals surface area contributed by atoms with E-state index in [9.17, 15) is 13.6 Å². The van der Waals surface area contributed by atoms with Crippen LogP contribution in [-0.2, 0) is 24.7 Å². The first-order valence-electron chi connectivity index (χ1n) is 15.5. The van der Waals surface area contributed by atoms with Crippen molar-refractivity contribution in [2.45, 2.75) is 82.7 Å². The third kappa shape index (κ3) is 8.16. The van der Waals surface area contributed by atoms with E-state index in [-0.39, 0.29) is 25.1 Å². The largest absolute Gasteiger partial charge is 0.483 e. The Morgan fingerprint density at radius 1 is 1.09 bits per heavy atom. The first-order chi connectivity index (χ1) is 20.7. The van der Waals surface area contributed by atoms with E-state index in [0.29, 0.717) is 24.6 Å². The van der Waals surface area contributed by atoms with Crippen molar-refractivity contribution >= 4 is 23.2 Å². The number of aryl methyl sites for hydroxylation is 1. The van der Waals surface area contributed by atoms with Crippen molar-refractivity contribution in [3.05, 3.63) is 53.3 Å². The van der Waals surface area contributed by atoms with E-state index in [1.807, 2.05) is 37.5 Å². The maximum Gasteiger partial charge on any atom is 0.290 e. The molecule has 2 aliphatic carbocycles. The lowest BCUT2D eigenvalue weighted by Crippen LogP contribution is -2.29. The fourth-order valence-corrected chi connectivity index (χ4v) is 6.94. The van der Waals surface area contributed by atoms with E-state index in [2.05, 4.69) is 16.1 Å². The summed E-state index contributed by atoms with van der Waals surface area (Å²) in [5.74, 6) is -0.678. The molecule has 2 saturated carbocycles. The molecule has 1 unspecified atom stereocenters. The highest BCUT2D eigenvalue weighted by molar-refractivity contribution is 6.07. The van der Waals surface area contributed by atoms with Gasteiger partial charge in [0.05, 0.1) is 5.52 Å². The van der Waals surface area contributed by atoms with E-state index < -0.39 is 12.0 Å². The number of hydrogen-bond donors (Lipinski definition) is 1. The highest BCUT2D eigenvalue weighted by Crippen LogP contribution is 2.37. The number of nitrogens with zero attached hydrogens (tertiary/aromatic N) is 4. The summed E-state index contributed by atoms with van der Waals surface area (Å²) in [5.41, 5.74) is 3.99. The normalized spacial score (nSPS) is 23.6. The molecule has 0 bridgehead atoms. The van der Waals surface area contributed by atoms with Gasteiger partial charge in [-0.25, -0.2) is 13.8 Å². The average molecular weight is 597 g/mol. The number of rotatable bonds is 8. The zero-order chi connectivity index (χ0) is 30.4. The van der Waals surface area contributed by atoms with Gasteiger partial charge in [0.15, 0.2) is 5.78 Å². The first-order valence-corrected chi connectivity index (χ1v) is 15.5. The van der Waals surface area contributed by atoms with Gasteiger partial charge in [-0.2, -0.15) is 5.10 Å². The number of carbonyl (C=O) groups is 2. The molecular weight excluding hydrogens is 554 g/mol. The van der Waals surface area contributed by atoms with Gasteiger partial charge in [-0.05, 0) is 62.1 Å². The molecule has 0 saturated heterocycles. The number of ketones is 1. The number of halogens is 2. The molecule has 1 aliphatic heterocycles. The van der Waals surface area contributed by atoms with Gasteiger partial charge < -0.3 is 14.7 Å². The van der Waals surface area contributed by atoms with Crippen LogP contribution in [0.15, 0.2) is 36.5 Å². The monoisotopic (exact) mass is 596 g/mol. The van der Waals surface area contributed by atoms with Crippen LogP contribution in [0.2, 0.25) is 0 Å². The molecule has 0 amide bonds. The number of Topliss-reactive ketones (excluding diaryl/α,β-unsaturated/α-hetero) is 1. The number of benzene rings is 1. The molecule has 6 rings (SSSR count). The number of carboxylic acid groups (broad SMARTS) is 1. The van der Waals surface area contributed by atoms with Crippen molar-refractivity contribution < 1.29 is 28.2 Å². The summed E-state index contributed by atoms with van der Waals surface area (Å²) in [6.07, 6.45) is 9.91. The van der Waals surface area contributed by atoms with Crippen LogP contribution >= 0.6 is 0 Å². The second kappa shape index (κ2) is 13.9. The summed E-state index contributed by atoms with van der Waals surface area (Å²) >= 11 is 0. The molecular formula is C33H42F2N4O4. The number of hydrogen-bond acceptors (Lipinski definition) is 6. The number of aromatic nitrogens is 3. The number of ether oxygens (including phenoxy) is 1. The Morgan fingerprint density at radius 2 is 1.84 bits per heavy atom. The van der Waals surface area contributed by atoms with Crippen LogP contribution in [0.3, 0.4) is 0 Å². The molecule has 0 radical (unpaired) electrons. The van der Waals surface area contributed by atoms with E-state index in [0.717, 1.165) is 73.4 Å². The summed E-state index contributed by atoms with van der Waals surface area (Å²) in [4.78, 5) is 28.7. The van der Waals surface area contributed by atoms with Gasteiger partial charge in [-0.1, -0.05) is 31.0 Å². The molecule has 1 atom stereocenters. The second-order valence-corrected chi connectivity index (χ2v) is 12.4. The predicted molar refractivity (Wildman–Crippen MR) is 160 cm³/mol. The van der Waals surface area contributed by atoms with Crippen molar-refractivity contribution in [3.63, 3.8) is 0 Å². The van der Waals surface area contributed by atoms with Crippen molar-refractivity contribution in [2.75, 3.05) is 19.6 Å². The van der Waals surface area contributed by atoms with E-state index >= 15 is 0 Å². The smallest absolute Gasteiger partial charge is 0.290 e. The molecule has 0 spiro atoms. The van der Waals surface area contributed by atoms with Crippen LogP contribution in [0.4, 0.5) is 8.78 Å². The highest BCUT2D eigenvalue weighted by Gasteiger charge is 2.41. The number of alkyl halides is 2. The van der Waals surface area contributed by atoms with Gasteiger partial charge in [0, 0.05) is 74.7 Å². The molecule has 3 aliphatic rings. The zero-order valence-electron chi connectivity index (χ0n) is 24.9. The molecule has 3 aromatic rings. The van der Waals surface area contributed by atoms with E-state index in [4.69, 9.17) is 19.6 Å². The van der Waals surface area contributed by atoms with Gasteiger partial charge in [0.1, 0.15) is 6.10 Å².